The average molecular weight is 222 g/mol. The zero-order chi connectivity index (χ0) is 11.9. The Labute approximate surface area is 96.8 Å². The van der Waals surface area contributed by atoms with Crippen molar-refractivity contribution >= 4 is 8.07 Å². The van der Waals surface area contributed by atoms with E-state index < -0.39 is 8.07 Å². The smallest absolute Gasteiger partial charge is 0.0690 e. The van der Waals surface area contributed by atoms with Crippen LogP contribution >= 0.6 is 0 Å². The number of unbranched alkanes of at least 4 members (excludes halogenated alkanes) is 1. The van der Waals surface area contributed by atoms with Gasteiger partial charge in [-0.2, -0.15) is 0 Å². The van der Waals surface area contributed by atoms with Gasteiger partial charge in [0, 0.05) is 0 Å². The normalized spacial score (nSPS) is 12.7. The monoisotopic (exact) mass is 222 g/mol. The number of rotatable bonds is 7. The second kappa shape index (κ2) is 6.84. The second-order valence-corrected chi connectivity index (χ2v) is 10.3. The second-order valence-electron chi connectivity index (χ2n) is 5.24. The van der Waals surface area contributed by atoms with E-state index in [1.165, 1.54) is 30.4 Å². The van der Waals surface area contributed by atoms with Gasteiger partial charge in [-0.15, -0.1) is 6.58 Å². The Morgan fingerprint density at radius 1 is 1.27 bits per heavy atom. The first-order valence-corrected chi connectivity index (χ1v) is 9.49. The first-order valence-electron chi connectivity index (χ1n) is 5.91. The molecule has 0 fully saturated rings. The van der Waals surface area contributed by atoms with Crippen molar-refractivity contribution in [1.29, 1.82) is 0 Å². The van der Waals surface area contributed by atoms with E-state index in [2.05, 4.69) is 45.4 Å². The van der Waals surface area contributed by atoms with Crippen molar-refractivity contribution in [2.24, 2.45) is 0 Å². The molecular formula is C14H26Si. The average Bonchev–Trinajstić information content (AvgIpc) is 2.10. The van der Waals surface area contributed by atoms with E-state index in [0.717, 1.165) is 6.42 Å². The highest BCUT2D eigenvalue weighted by molar-refractivity contribution is 6.81. The largest absolute Gasteiger partial charge is 0.103 e. The molecule has 0 N–H and O–H groups in total. The summed E-state index contributed by atoms with van der Waals surface area (Å²) in [5, 5.41) is 0. The van der Waals surface area contributed by atoms with Crippen LogP contribution in [0.25, 0.3) is 0 Å². The Kier molecular flexibility index (Phi) is 6.58. The molecule has 0 radical (unpaired) electrons. The number of allylic oxidation sites excluding steroid dienone is 3. The van der Waals surface area contributed by atoms with Gasteiger partial charge in [0.05, 0.1) is 8.07 Å². The highest BCUT2D eigenvalue weighted by atomic mass is 28.3. The third-order valence-corrected chi connectivity index (χ3v) is 3.47. The Balaban J connectivity index is 4.64. The molecule has 0 heterocycles. The topological polar surface area (TPSA) is 0 Å². The van der Waals surface area contributed by atoms with E-state index in [9.17, 15) is 0 Å². The molecule has 0 aromatic rings. The van der Waals surface area contributed by atoms with Gasteiger partial charge in [0.25, 0.3) is 0 Å². The van der Waals surface area contributed by atoms with Crippen LogP contribution in [0.4, 0.5) is 0 Å². The van der Waals surface area contributed by atoms with Gasteiger partial charge in [0.1, 0.15) is 0 Å². The fourth-order valence-electron chi connectivity index (χ4n) is 1.55. The van der Waals surface area contributed by atoms with E-state index >= 15 is 0 Å². The highest BCUT2D eigenvalue weighted by Crippen LogP contribution is 2.21. The Hall–Kier alpha value is -0.563. The van der Waals surface area contributed by atoms with Crippen LogP contribution in [0.3, 0.4) is 0 Å². The third kappa shape index (κ3) is 7.38. The molecule has 0 saturated carbocycles. The summed E-state index contributed by atoms with van der Waals surface area (Å²) in [7, 11) is -1.12. The van der Waals surface area contributed by atoms with Gasteiger partial charge in [-0.3, -0.25) is 0 Å². The molecule has 0 aliphatic carbocycles. The molecule has 0 aromatic heterocycles. The molecule has 0 nitrogen and oxygen atoms in total. The third-order valence-electron chi connectivity index (χ3n) is 2.25. The van der Waals surface area contributed by atoms with Crippen molar-refractivity contribution in [3.63, 3.8) is 0 Å². The zero-order valence-electron chi connectivity index (χ0n) is 10.9. The SMILES string of the molecule is C=CCC(=C)/C(=C/[Si](C)(C)C)CCCC. The highest BCUT2D eigenvalue weighted by Gasteiger charge is 2.12. The molecule has 1 heteroatoms. The minimum atomic E-state index is -1.12. The standard InChI is InChI=1S/C14H26Si/c1-7-9-11-14(12-15(4,5)6)13(3)10-8-2/h8,12H,2-3,7,9-11H2,1,4-6H3/b14-12+. The molecule has 0 aliphatic heterocycles. The molecule has 0 rings (SSSR count). The minimum absolute atomic E-state index is 0.931. The van der Waals surface area contributed by atoms with Crippen molar-refractivity contribution in [3.05, 3.63) is 36.1 Å². The van der Waals surface area contributed by atoms with E-state index in [1.807, 2.05) is 6.08 Å². The maximum Gasteiger partial charge on any atom is 0.0690 e. The van der Waals surface area contributed by atoms with Crippen molar-refractivity contribution in [2.75, 3.05) is 0 Å². The molecule has 86 valence electrons. The van der Waals surface area contributed by atoms with E-state index in [4.69, 9.17) is 0 Å². The molecule has 0 bridgehead atoms. The molecule has 0 aromatic carbocycles. The molecular weight excluding hydrogens is 196 g/mol. The number of hydrogen-bond acceptors (Lipinski definition) is 0. The first kappa shape index (κ1) is 14.4. The lowest BCUT2D eigenvalue weighted by Gasteiger charge is -2.16. The van der Waals surface area contributed by atoms with Crippen LogP contribution in [-0.2, 0) is 0 Å². The van der Waals surface area contributed by atoms with E-state index in [0.29, 0.717) is 0 Å². The van der Waals surface area contributed by atoms with Gasteiger partial charge >= 0.3 is 0 Å². The summed E-state index contributed by atoms with van der Waals surface area (Å²) in [6, 6.07) is 0. The number of hydrogen-bond donors (Lipinski definition) is 0. The lowest BCUT2D eigenvalue weighted by atomic mass is 10.0. The Bertz CT molecular complexity index is 241. The van der Waals surface area contributed by atoms with Crippen LogP contribution < -0.4 is 0 Å². The van der Waals surface area contributed by atoms with Crippen molar-refractivity contribution in [1.82, 2.24) is 0 Å². The molecule has 0 amide bonds. The molecule has 0 spiro atoms. The van der Waals surface area contributed by atoms with Gasteiger partial charge in [-0.1, -0.05) is 56.9 Å². The Morgan fingerprint density at radius 2 is 1.87 bits per heavy atom. The Morgan fingerprint density at radius 3 is 2.27 bits per heavy atom. The van der Waals surface area contributed by atoms with Gasteiger partial charge in [0.2, 0.25) is 0 Å². The molecule has 0 unspecified atom stereocenters. The van der Waals surface area contributed by atoms with Crippen LogP contribution in [0.1, 0.15) is 32.6 Å². The van der Waals surface area contributed by atoms with E-state index in [1.54, 1.807) is 0 Å². The van der Waals surface area contributed by atoms with Crippen molar-refractivity contribution < 1.29 is 0 Å². The first-order chi connectivity index (χ1) is 6.90. The summed E-state index contributed by atoms with van der Waals surface area (Å²) >= 11 is 0. The van der Waals surface area contributed by atoms with Crippen molar-refractivity contribution in [3.8, 4) is 0 Å². The summed E-state index contributed by atoms with van der Waals surface area (Å²) in [6.45, 7) is 17.3. The molecule has 0 atom stereocenters. The van der Waals surface area contributed by atoms with Crippen LogP contribution in [-0.4, -0.2) is 8.07 Å². The molecule has 15 heavy (non-hydrogen) atoms. The molecule has 0 saturated heterocycles. The van der Waals surface area contributed by atoms with Crippen LogP contribution in [0.15, 0.2) is 36.1 Å². The summed E-state index contributed by atoms with van der Waals surface area (Å²) in [5.41, 5.74) is 5.24. The van der Waals surface area contributed by atoms with Crippen molar-refractivity contribution in [2.45, 2.75) is 52.2 Å². The van der Waals surface area contributed by atoms with Gasteiger partial charge < -0.3 is 0 Å². The fraction of sp³-hybridized carbons (Fsp3) is 0.571. The minimum Gasteiger partial charge on any atom is -0.103 e. The van der Waals surface area contributed by atoms with Gasteiger partial charge in [0.15, 0.2) is 0 Å². The predicted octanol–water partition coefficient (Wildman–Crippen LogP) is 5.11. The van der Waals surface area contributed by atoms with Gasteiger partial charge in [-0.05, 0) is 24.8 Å². The van der Waals surface area contributed by atoms with Crippen LogP contribution in [0.5, 0.6) is 0 Å². The zero-order valence-corrected chi connectivity index (χ0v) is 11.9. The predicted molar refractivity (Wildman–Crippen MR) is 74.9 cm³/mol. The molecule has 0 aliphatic rings. The lowest BCUT2D eigenvalue weighted by molar-refractivity contribution is 0.789. The van der Waals surface area contributed by atoms with Gasteiger partial charge in [-0.25, -0.2) is 0 Å². The summed E-state index contributed by atoms with van der Waals surface area (Å²) in [6.07, 6.45) is 6.59. The fourth-order valence-corrected chi connectivity index (χ4v) is 2.94. The van der Waals surface area contributed by atoms with Crippen LogP contribution in [0, 0.1) is 0 Å². The summed E-state index contributed by atoms with van der Waals surface area (Å²) < 4.78 is 0. The maximum atomic E-state index is 4.16. The maximum absolute atomic E-state index is 4.16. The van der Waals surface area contributed by atoms with Crippen LogP contribution in [0.2, 0.25) is 19.6 Å². The quantitative estimate of drug-likeness (QED) is 0.319. The summed E-state index contributed by atoms with van der Waals surface area (Å²) in [4.78, 5) is 0. The summed E-state index contributed by atoms with van der Waals surface area (Å²) in [5.74, 6) is 0. The van der Waals surface area contributed by atoms with E-state index in [-0.39, 0.29) is 0 Å². The lowest BCUT2D eigenvalue weighted by Crippen LogP contribution is -2.17.